The first kappa shape index (κ1) is 10.0. The predicted octanol–water partition coefficient (Wildman–Crippen LogP) is 0.693. The van der Waals surface area contributed by atoms with E-state index in [1.54, 1.807) is 0 Å². The van der Waals surface area contributed by atoms with Gasteiger partial charge < -0.3 is 15.6 Å². The molecule has 3 nitrogen and oxygen atoms in total. The molecule has 13 heavy (non-hydrogen) atoms. The second-order valence-corrected chi connectivity index (χ2v) is 3.01. The van der Waals surface area contributed by atoms with Gasteiger partial charge in [-0.3, -0.25) is 0 Å². The lowest BCUT2D eigenvalue weighted by molar-refractivity contribution is 0.114. The molecule has 0 fully saturated rings. The summed E-state index contributed by atoms with van der Waals surface area (Å²) in [6.45, 7) is 2.49. The third-order valence-corrected chi connectivity index (χ3v) is 1.74. The minimum Gasteiger partial charge on any atom is -0.491 e. The highest BCUT2D eigenvalue weighted by Gasteiger charge is 2.01. The van der Waals surface area contributed by atoms with Crippen molar-refractivity contribution in [3.63, 3.8) is 0 Å². The van der Waals surface area contributed by atoms with Crippen LogP contribution in [0.3, 0.4) is 0 Å². The zero-order chi connectivity index (χ0) is 9.68. The van der Waals surface area contributed by atoms with Crippen LogP contribution in [0.25, 0.3) is 0 Å². The van der Waals surface area contributed by atoms with Crippen LogP contribution >= 0.6 is 0 Å². The van der Waals surface area contributed by atoms with Crippen LogP contribution in [0.1, 0.15) is 5.56 Å². The Kier molecular flexibility index (Phi) is 3.73. The average Bonchev–Trinajstić information content (AvgIpc) is 2.16. The molecule has 0 aliphatic heterocycles. The van der Waals surface area contributed by atoms with Crippen molar-refractivity contribution in [3.8, 4) is 5.75 Å². The van der Waals surface area contributed by atoms with E-state index in [2.05, 4.69) is 0 Å². The summed E-state index contributed by atoms with van der Waals surface area (Å²) < 4.78 is 5.28. The van der Waals surface area contributed by atoms with Crippen molar-refractivity contribution in [1.82, 2.24) is 0 Å². The maximum absolute atomic E-state index is 9.12. The van der Waals surface area contributed by atoms with Crippen LogP contribution in [-0.2, 0) is 0 Å². The lowest BCUT2D eigenvalue weighted by Crippen LogP contribution is -2.26. The summed E-state index contributed by atoms with van der Waals surface area (Å²) in [6.07, 6.45) is -0.582. The number of aliphatic hydroxyl groups excluding tert-OH is 1. The smallest absolute Gasteiger partial charge is 0.119 e. The summed E-state index contributed by atoms with van der Waals surface area (Å²) >= 11 is 0. The first-order chi connectivity index (χ1) is 6.22. The van der Waals surface area contributed by atoms with Crippen molar-refractivity contribution in [2.75, 3.05) is 13.2 Å². The van der Waals surface area contributed by atoms with Crippen molar-refractivity contribution in [2.45, 2.75) is 13.0 Å². The number of hydrogen-bond donors (Lipinski definition) is 2. The Morgan fingerprint density at radius 3 is 2.54 bits per heavy atom. The monoisotopic (exact) mass is 181 g/mol. The van der Waals surface area contributed by atoms with Crippen LogP contribution in [0.4, 0.5) is 0 Å². The van der Waals surface area contributed by atoms with E-state index in [4.69, 9.17) is 15.6 Å². The molecule has 0 bridgehead atoms. The highest BCUT2D eigenvalue weighted by molar-refractivity contribution is 5.26. The molecule has 72 valence electrons. The van der Waals surface area contributed by atoms with Crippen LogP contribution in [0, 0.1) is 6.92 Å². The van der Waals surface area contributed by atoms with Crippen LogP contribution in [-0.4, -0.2) is 24.4 Å². The van der Waals surface area contributed by atoms with Crippen molar-refractivity contribution < 1.29 is 9.84 Å². The quantitative estimate of drug-likeness (QED) is 0.718. The van der Waals surface area contributed by atoms with Crippen molar-refractivity contribution in [3.05, 3.63) is 29.8 Å². The van der Waals surface area contributed by atoms with Gasteiger partial charge in [0.05, 0.1) is 0 Å². The molecule has 0 aromatic heterocycles. The van der Waals surface area contributed by atoms with E-state index in [-0.39, 0.29) is 13.2 Å². The Morgan fingerprint density at radius 1 is 1.38 bits per heavy atom. The average molecular weight is 181 g/mol. The van der Waals surface area contributed by atoms with E-state index in [9.17, 15) is 0 Å². The predicted molar refractivity (Wildman–Crippen MR) is 51.7 cm³/mol. The fourth-order valence-corrected chi connectivity index (χ4v) is 0.895. The second kappa shape index (κ2) is 4.84. The van der Waals surface area contributed by atoms with Gasteiger partial charge >= 0.3 is 0 Å². The minimum absolute atomic E-state index is 0.228. The summed E-state index contributed by atoms with van der Waals surface area (Å²) in [5, 5.41) is 9.12. The van der Waals surface area contributed by atoms with Gasteiger partial charge in [0.2, 0.25) is 0 Å². The molecule has 0 saturated carbocycles. The molecule has 0 aliphatic carbocycles. The van der Waals surface area contributed by atoms with Gasteiger partial charge in [-0.2, -0.15) is 0 Å². The summed E-state index contributed by atoms with van der Waals surface area (Å²) in [5.74, 6) is 0.762. The van der Waals surface area contributed by atoms with Crippen LogP contribution in [0.2, 0.25) is 0 Å². The van der Waals surface area contributed by atoms with Gasteiger partial charge in [0, 0.05) is 6.54 Å². The fraction of sp³-hybridized carbons (Fsp3) is 0.400. The molecule has 3 N–H and O–H groups in total. The van der Waals surface area contributed by atoms with E-state index in [1.165, 1.54) is 5.56 Å². The van der Waals surface area contributed by atoms with E-state index >= 15 is 0 Å². The summed E-state index contributed by atoms with van der Waals surface area (Å²) in [6, 6.07) is 7.67. The van der Waals surface area contributed by atoms with Crippen molar-refractivity contribution in [1.29, 1.82) is 0 Å². The van der Waals surface area contributed by atoms with Gasteiger partial charge in [0.1, 0.15) is 18.5 Å². The SMILES string of the molecule is Cc1ccc(OC[C@@H](O)CN)cc1. The Bertz CT molecular complexity index is 246. The lowest BCUT2D eigenvalue weighted by atomic mass is 10.2. The van der Waals surface area contributed by atoms with Gasteiger partial charge in [0.25, 0.3) is 0 Å². The molecule has 0 unspecified atom stereocenters. The molecular formula is C10H15NO2. The Balaban J connectivity index is 2.41. The third-order valence-electron chi connectivity index (χ3n) is 1.74. The van der Waals surface area contributed by atoms with E-state index in [1.807, 2.05) is 31.2 Å². The van der Waals surface area contributed by atoms with Gasteiger partial charge in [-0.25, -0.2) is 0 Å². The largest absolute Gasteiger partial charge is 0.491 e. The van der Waals surface area contributed by atoms with Gasteiger partial charge in [-0.05, 0) is 19.1 Å². The van der Waals surface area contributed by atoms with Crippen LogP contribution in [0.5, 0.6) is 5.75 Å². The molecule has 0 radical (unpaired) electrons. The summed E-state index contributed by atoms with van der Waals surface area (Å²) in [5.41, 5.74) is 6.42. The number of nitrogens with two attached hydrogens (primary N) is 1. The third kappa shape index (κ3) is 3.44. The maximum Gasteiger partial charge on any atom is 0.119 e. The standard InChI is InChI=1S/C10H15NO2/c1-8-2-4-10(5-3-8)13-7-9(12)6-11/h2-5,9,12H,6-7,11H2,1H3/t9-/m0/s1. The Hall–Kier alpha value is -1.06. The summed E-state index contributed by atoms with van der Waals surface area (Å²) in [7, 11) is 0. The highest BCUT2D eigenvalue weighted by Crippen LogP contribution is 2.11. The number of aliphatic hydroxyl groups is 1. The van der Waals surface area contributed by atoms with Gasteiger partial charge in [0.15, 0.2) is 0 Å². The zero-order valence-electron chi connectivity index (χ0n) is 7.73. The van der Waals surface area contributed by atoms with Crippen molar-refractivity contribution in [2.24, 2.45) is 5.73 Å². The molecule has 1 atom stereocenters. The number of aryl methyl sites for hydroxylation is 1. The fourth-order valence-electron chi connectivity index (χ4n) is 0.895. The maximum atomic E-state index is 9.12. The first-order valence-corrected chi connectivity index (χ1v) is 4.30. The number of benzene rings is 1. The first-order valence-electron chi connectivity index (χ1n) is 4.30. The topological polar surface area (TPSA) is 55.5 Å². The second-order valence-electron chi connectivity index (χ2n) is 3.01. The Labute approximate surface area is 78.1 Å². The van der Waals surface area contributed by atoms with Gasteiger partial charge in [-0.1, -0.05) is 17.7 Å². The molecule has 1 aromatic carbocycles. The molecule has 0 amide bonds. The van der Waals surface area contributed by atoms with E-state index in [0.29, 0.717) is 0 Å². The molecule has 0 aliphatic rings. The Morgan fingerprint density at radius 2 is 2.00 bits per heavy atom. The minimum atomic E-state index is -0.582. The van der Waals surface area contributed by atoms with Crippen molar-refractivity contribution >= 4 is 0 Å². The number of ether oxygens (including phenoxy) is 1. The lowest BCUT2D eigenvalue weighted by Gasteiger charge is -2.09. The van der Waals surface area contributed by atoms with E-state index < -0.39 is 6.10 Å². The van der Waals surface area contributed by atoms with Gasteiger partial charge in [-0.15, -0.1) is 0 Å². The highest BCUT2D eigenvalue weighted by atomic mass is 16.5. The molecule has 0 saturated heterocycles. The number of hydrogen-bond acceptors (Lipinski definition) is 3. The van der Waals surface area contributed by atoms with Crippen LogP contribution < -0.4 is 10.5 Å². The van der Waals surface area contributed by atoms with Crippen LogP contribution in [0.15, 0.2) is 24.3 Å². The molecule has 1 aromatic rings. The normalized spacial score (nSPS) is 12.5. The van der Waals surface area contributed by atoms with E-state index in [0.717, 1.165) is 5.75 Å². The summed E-state index contributed by atoms with van der Waals surface area (Å²) in [4.78, 5) is 0. The molecule has 0 spiro atoms. The molecular weight excluding hydrogens is 166 g/mol. The molecule has 1 rings (SSSR count). The number of rotatable bonds is 4. The molecule has 0 heterocycles. The zero-order valence-corrected chi connectivity index (χ0v) is 7.73. The molecule has 3 heteroatoms.